The van der Waals surface area contributed by atoms with Crippen LogP contribution in [0.1, 0.15) is 16.2 Å². The summed E-state index contributed by atoms with van der Waals surface area (Å²) in [5.74, 6) is 0.217. The maximum atomic E-state index is 11.2. The van der Waals surface area contributed by atoms with Crippen LogP contribution in [0, 0.1) is 6.92 Å². The largest absolute Gasteiger partial charge is 0.397 e. The van der Waals surface area contributed by atoms with Crippen LogP contribution in [0.15, 0.2) is 22.4 Å². The van der Waals surface area contributed by atoms with Crippen LogP contribution in [0.4, 0.5) is 5.69 Å². The first-order valence-corrected chi connectivity index (χ1v) is 5.90. The van der Waals surface area contributed by atoms with E-state index in [1.54, 1.807) is 6.07 Å². The molecule has 0 radical (unpaired) electrons. The Kier molecular flexibility index (Phi) is 3.19. The Morgan fingerprint density at radius 1 is 1.44 bits per heavy atom. The van der Waals surface area contributed by atoms with Gasteiger partial charge in [0, 0.05) is 7.05 Å². The van der Waals surface area contributed by atoms with Gasteiger partial charge in [0.25, 0.3) is 5.91 Å². The number of aromatic nitrogens is 4. The minimum atomic E-state index is -0.578. The normalized spacial score (nSPS) is 10.6. The molecule has 1 amide bonds. The highest BCUT2D eigenvalue weighted by Gasteiger charge is 2.12. The van der Waals surface area contributed by atoms with Crippen molar-refractivity contribution in [3.05, 3.63) is 23.7 Å². The first kappa shape index (κ1) is 12.4. The molecule has 7 nitrogen and oxygen atoms in total. The SMILES string of the molecule is Cc1nnc(Sc2cc(C(N)=O)c(N)cn2)n1C. The fraction of sp³-hybridized carbons (Fsp3) is 0.200. The first-order chi connectivity index (χ1) is 8.49. The van der Waals surface area contributed by atoms with Gasteiger partial charge >= 0.3 is 0 Å². The topological polar surface area (TPSA) is 113 Å². The summed E-state index contributed by atoms with van der Waals surface area (Å²) in [6.07, 6.45) is 1.41. The zero-order valence-electron chi connectivity index (χ0n) is 9.91. The van der Waals surface area contributed by atoms with E-state index in [2.05, 4.69) is 15.2 Å². The van der Waals surface area contributed by atoms with Crippen molar-refractivity contribution in [1.82, 2.24) is 19.7 Å². The van der Waals surface area contributed by atoms with Crippen LogP contribution in [0.5, 0.6) is 0 Å². The van der Waals surface area contributed by atoms with Crippen molar-refractivity contribution < 1.29 is 4.79 Å². The van der Waals surface area contributed by atoms with E-state index in [-0.39, 0.29) is 11.3 Å². The maximum Gasteiger partial charge on any atom is 0.250 e. The number of aryl methyl sites for hydroxylation is 1. The van der Waals surface area contributed by atoms with Crippen molar-refractivity contribution in [2.75, 3.05) is 5.73 Å². The molecule has 8 heteroatoms. The molecule has 0 atom stereocenters. The van der Waals surface area contributed by atoms with Crippen molar-refractivity contribution >= 4 is 23.4 Å². The highest BCUT2D eigenvalue weighted by molar-refractivity contribution is 7.99. The number of anilines is 1. The van der Waals surface area contributed by atoms with Crippen molar-refractivity contribution in [2.45, 2.75) is 17.1 Å². The molecule has 94 valence electrons. The van der Waals surface area contributed by atoms with E-state index in [9.17, 15) is 4.79 Å². The lowest BCUT2D eigenvalue weighted by molar-refractivity contribution is 0.100. The summed E-state index contributed by atoms with van der Waals surface area (Å²) < 4.78 is 1.83. The Bertz CT molecular complexity index is 608. The highest BCUT2D eigenvalue weighted by Crippen LogP contribution is 2.26. The summed E-state index contributed by atoms with van der Waals surface area (Å²) in [7, 11) is 1.85. The van der Waals surface area contributed by atoms with Crippen LogP contribution in [0.2, 0.25) is 0 Å². The van der Waals surface area contributed by atoms with Crippen molar-refractivity contribution in [3.63, 3.8) is 0 Å². The molecule has 2 heterocycles. The van der Waals surface area contributed by atoms with Crippen LogP contribution in [0.25, 0.3) is 0 Å². The van der Waals surface area contributed by atoms with Crippen LogP contribution in [-0.2, 0) is 7.05 Å². The third kappa shape index (κ3) is 2.28. The van der Waals surface area contributed by atoms with Gasteiger partial charge in [0.05, 0.1) is 17.4 Å². The number of nitrogen functional groups attached to an aromatic ring is 1. The molecule has 0 aliphatic rings. The lowest BCUT2D eigenvalue weighted by Gasteiger charge is -2.04. The van der Waals surface area contributed by atoms with E-state index < -0.39 is 5.91 Å². The zero-order valence-corrected chi connectivity index (χ0v) is 10.7. The number of pyridine rings is 1. The van der Waals surface area contributed by atoms with Gasteiger partial charge in [0.1, 0.15) is 10.9 Å². The van der Waals surface area contributed by atoms with E-state index in [0.717, 1.165) is 5.82 Å². The molecule has 0 aliphatic carbocycles. The number of amides is 1. The summed E-state index contributed by atoms with van der Waals surface area (Å²) in [4.78, 5) is 15.3. The number of carbonyl (C=O) groups excluding carboxylic acids is 1. The van der Waals surface area contributed by atoms with Gasteiger partial charge in [-0.05, 0) is 24.8 Å². The van der Waals surface area contributed by atoms with Crippen LogP contribution in [-0.4, -0.2) is 25.7 Å². The van der Waals surface area contributed by atoms with Gasteiger partial charge in [-0.3, -0.25) is 4.79 Å². The number of primary amides is 1. The number of hydrogen-bond acceptors (Lipinski definition) is 6. The zero-order chi connectivity index (χ0) is 13.3. The minimum Gasteiger partial charge on any atom is -0.397 e. The van der Waals surface area contributed by atoms with E-state index >= 15 is 0 Å². The summed E-state index contributed by atoms with van der Waals surface area (Å²) >= 11 is 1.29. The Morgan fingerprint density at radius 2 is 2.17 bits per heavy atom. The first-order valence-electron chi connectivity index (χ1n) is 5.08. The molecule has 0 spiro atoms. The second-order valence-corrected chi connectivity index (χ2v) is 4.65. The molecule has 2 rings (SSSR count). The van der Waals surface area contributed by atoms with Crippen LogP contribution in [0.3, 0.4) is 0 Å². The number of nitrogens with two attached hydrogens (primary N) is 2. The van der Waals surface area contributed by atoms with E-state index in [4.69, 9.17) is 11.5 Å². The molecule has 18 heavy (non-hydrogen) atoms. The predicted octanol–water partition coefficient (Wildman–Crippen LogP) is 0.351. The van der Waals surface area contributed by atoms with Gasteiger partial charge in [-0.15, -0.1) is 10.2 Å². The number of carbonyl (C=O) groups is 1. The monoisotopic (exact) mass is 264 g/mol. The van der Waals surface area contributed by atoms with Crippen LogP contribution < -0.4 is 11.5 Å². The quantitative estimate of drug-likeness (QED) is 0.827. The molecule has 4 N–H and O–H groups in total. The summed E-state index contributed by atoms with van der Waals surface area (Å²) in [6.45, 7) is 1.85. The predicted molar refractivity (Wildman–Crippen MR) is 67.0 cm³/mol. The molecule has 0 aromatic carbocycles. The van der Waals surface area contributed by atoms with Gasteiger partial charge < -0.3 is 16.0 Å². The molecule has 0 saturated heterocycles. The average Bonchev–Trinajstić information content (AvgIpc) is 2.63. The Labute approximate surface area is 108 Å². The summed E-state index contributed by atoms with van der Waals surface area (Å²) in [5, 5.41) is 9.20. The van der Waals surface area contributed by atoms with Gasteiger partial charge in [-0.2, -0.15) is 0 Å². The third-order valence-electron chi connectivity index (χ3n) is 2.42. The number of nitrogens with zero attached hydrogens (tertiary/aromatic N) is 4. The summed E-state index contributed by atoms with van der Waals surface area (Å²) in [6, 6.07) is 1.55. The molecule has 0 unspecified atom stereocenters. The molecule has 2 aromatic heterocycles. The van der Waals surface area contributed by atoms with E-state index in [0.29, 0.717) is 10.2 Å². The molecule has 0 bridgehead atoms. The summed E-state index contributed by atoms with van der Waals surface area (Å²) in [5.41, 5.74) is 11.4. The molecule has 2 aromatic rings. The van der Waals surface area contributed by atoms with Gasteiger partial charge in [-0.25, -0.2) is 4.98 Å². The lowest BCUT2D eigenvalue weighted by Crippen LogP contribution is -2.14. The third-order valence-corrected chi connectivity index (χ3v) is 3.39. The molecule has 0 saturated carbocycles. The van der Waals surface area contributed by atoms with E-state index in [1.807, 2.05) is 18.5 Å². The van der Waals surface area contributed by atoms with Gasteiger partial charge in [0.2, 0.25) is 0 Å². The van der Waals surface area contributed by atoms with Gasteiger partial charge in [0.15, 0.2) is 5.16 Å². The van der Waals surface area contributed by atoms with Crippen molar-refractivity contribution in [1.29, 1.82) is 0 Å². The Balaban J connectivity index is 2.33. The van der Waals surface area contributed by atoms with Crippen molar-refractivity contribution in [2.24, 2.45) is 12.8 Å². The molecular weight excluding hydrogens is 252 g/mol. The fourth-order valence-electron chi connectivity index (χ4n) is 1.29. The minimum absolute atomic E-state index is 0.256. The number of hydrogen-bond donors (Lipinski definition) is 2. The second kappa shape index (κ2) is 4.65. The van der Waals surface area contributed by atoms with Crippen molar-refractivity contribution in [3.8, 4) is 0 Å². The highest BCUT2D eigenvalue weighted by atomic mass is 32.2. The fourth-order valence-corrected chi connectivity index (χ4v) is 2.11. The Morgan fingerprint density at radius 3 is 2.72 bits per heavy atom. The number of rotatable bonds is 3. The molecule has 0 aliphatic heterocycles. The molecule has 0 fully saturated rings. The smallest absolute Gasteiger partial charge is 0.250 e. The van der Waals surface area contributed by atoms with Gasteiger partial charge in [-0.1, -0.05) is 0 Å². The molecular formula is C10H12N6OS. The Hall–Kier alpha value is -2.09. The van der Waals surface area contributed by atoms with E-state index in [1.165, 1.54) is 18.0 Å². The standard InChI is InChI=1S/C10H12N6OS/c1-5-14-15-10(16(5)2)18-8-3-6(9(12)17)7(11)4-13-8/h3-4H,11H2,1-2H3,(H2,12,17). The second-order valence-electron chi connectivity index (χ2n) is 3.66. The average molecular weight is 264 g/mol. The lowest BCUT2D eigenvalue weighted by atomic mass is 10.2. The van der Waals surface area contributed by atoms with Crippen LogP contribution >= 0.6 is 11.8 Å². The maximum absolute atomic E-state index is 11.2.